The monoisotopic (exact) mass is 617 g/mol. The van der Waals surface area contributed by atoms with Gasteiger partial charge in [-0.3, -0.25) is 14.6 Å². The molecule has 13 heteroatoms. The maximum absolute atomic E-state index is 13.4. The van der Waals surface area contributed by atoms with Crippen LogP contribution >= 0.6 is 0 Å². The van der Waals surface area contributed by atoms with Crippen LogP contribution in [0.15, 0.2) is 71.8 Å². The first-order valence-corrected chi connectivity index (χ1v) is 14.9. The largest absolute Gasteiger partial charge is 0.493 e. The van der Waals surface area contributed by atoms with Crippen LogP contribution in [-0.2, 0) is 20.9 Å². The first-order valence-electron chi connectivity index (χ1n) is 13.4. The van der Waals surface area contributed by atoms with E-state index >= 15 is 0 Å². The average molecular weight is 618 g/mol. The van der Waals surface area contributed by atoms with Crippen LogP contribution < -0.4 is 18.9 Å². The van der Waals surface area contributed by atoms with Gasteiger partial charge in [0, 0.05) is 37.3 Å². The number of ether oxygens (including phenoxy) is 4. The molecule has 1 aliphatic rings. The lowest BCUT2D eigenvalue weighted by Gasteiger charge is -2.26. The molecule has 1 fully saturated rings. The van der Waals surface area contributed by atoms with E-state index in [9.17, 15) is 21.6 Å². The molecule has 9 nitrogen and oxygen atoms in total. The summed E-state index contributed by atoms with van der Waals surface area (Å²) in [5.74, 6) is 1.91. The zero-order valence-corrected chi connectivity index (χ0v) is 24.3. The molecule has 2 heterocycles. The van der Waals surface area contributed by atoms with Crippen molar-refractivity contribution < 1.29 is 40.5 Å². The van der Waals surface area contributed by atoms with Crippen molar-refractivity contribution in [2.45, 2.75) is 18.0 Å². The molecular formula is C30H30F3N3O6S. The summed E-state index contributed by atoms with van der Waals surface area (Å²) in [4.78, 5) is 5.85. The molecule has 4 aromatic rings. The zero-order valence-electron chi connectivity index (χ0n) is 23.5. The molecule has 5 rings (SSSR count). The van der Waals surface area contributed by atoms with E-state index in [1.54, 1.807) is 44.5 Å². The number of pyridine rings is 1. The Labute approximate surface area is 247 Å². The van der Waals surface area contributed by atoms with Gasteiger partial charge < -0.3 is 18.9 Å². The zero-order chi connectivity index (χ0) is 30.6. The molecule has 3 aromatic carbocycles. The van der Waals surface area contributed by atoms with Crippen LogP contribution in [0.2, 0.25) is 0 Å². The number of anilines is 1. The third-order valence-electron chi connectivity index (χ3n) is 6.91. The molecule has 1 aliphatic heterocycles. The highest BCUT2D eigenvalue weighted by Crippen LogP contribution is 2.38. The summed E-state index contributed by atoms with van der Waals surface area (Å²) in [6.07, 6.45) is -3.24. The maximum Gasteiger partial charge on any atom is 0.417 e. The van der Waals surface area contributed by atoms with Crippen molar-refractivity contribution in [2.24, 2.45) is 0 Å². The number of nitrogens with one attached hydrogen (secondary N) is 1. The number of fused-ring (bicyclic) bond motifs is 1. The molecule has 0 radical (unpaired) electrons. The minimum absolute atomic E-state index is 0.115. The summed E-state index contributed by atoms with van der Waals surface area (Å²) in [6, 6.07) is 13.8. The number of methoxy groups -OCH3 is 1. The van der Waals surface area contributed by atoms with Crippen LogP contribution in [0.3, 0.4) is 0 Å². The van der Waals surface area contributed by atoms with Gasteiger partial charge in [-0.1, -0.05) is 12.1 Å². The summed E-state index contributed by atoms with van der Waals surface area (Å²) in [5, 5.41) is 0.658. The molecule has 0 bridgehead atoms. The molecule has 43 heavy (non-hydrogen) atoms. The third kappa shape index (κ3) is 7.12. The van der Waals surface area contributed by atoms with Crippen LogP contribution in [0.1, 0.15) is 11.1 Å². The van der Waals surface area contributed by atoms with E-state index in [0.717, 1.165) is 37.8 Å². The van der Waals surface area contributed by atoms with Gasteiger partial charge in [-0.05, 0) is 55.0 Å². The van der Waals surface area contributed by atoms with Crippen molar-refractivity contribution in [1.82, 2.24) is 9.88 Å². The normalized spacial score (nSPS) is 14.4. The SMILES string of the molecule is COc1cc2c(Oc3ccc(NS(=O)(=O)c4ccccc4C(F)(F)F)c(C)c3)ccnc2cc1OCCN1CCOCC1. The van der Waals surface area contributed by atoms with Gasteiger partial charge in [-0.25, -0.2) is 8.42 Å². The Balaban J connectivity index is 1.33. The van der Waals surface area contributed by atoms with Crippen LogP contribution in [0.25, 0.3) is 10.9 Å². The van der Waals surface area contributed by atoms with Gasteiger partial charge in [-0.15, -0.1) is 0 Å². The van der Waals surface area contributed by atoms with E-state index in [1.807, 2.05) is 0 Å². The minimum Gasteiger partial charge on any atom is -0.493 e. The molecule has 1 N–H and O–H groups in total. The second-order valence-corrected chi connectivity index (χ2v) is 11.5. The Morgan fingerprint density at radius 1 is 1.00 bits per heavy atom. The molecule has 0 unspecified atom stereocenters. The molecule has 1 saturated heterocycles. The quantitative estimate of drug-likeness (QED) is 0.236. The Morgan fingerprint density at radius 2 is 1.77 bits per heavy atom. The fourth-order valence-corrected chi connectivity index (χ4v) is 6.03. The van der Waals surface area contributed by atoms with Crippen molar-refractivity contribution in [2.75, 3.05) is 51.3 Å². The van der Waals surface area contributed by atoms with Gasteiger partial charge in [0.2, 0.25) is 0 Å². The molecule has 0 atom stereocenters. The number of morpholine rings is 1. The van der Waals surface area contributed by atoms with Crippen molar-refractivity contribution >= 4 is 26.6 Å². The maximum atomic E-state index is 13.4. The van der Waals surface area contributed by atoms with E-state index < -0.39 is 26.7 Å². The Morgan fingerprint density at radius 3 is 2.49 bits per heavy atom. The fourth-order valence-electron chi connectivity index (χ4n) is 4.68. The minimum atomic E-state index is -4.83. The lowest BCUT2D eigenvalue weighted by molar-refractivity contribution is -0.139. The highest BCUT2D eigenvalue weighted by Gasteiger charge is 2.37. The van der Waals surface area contributed by atoms with E-state index in [0.29, 0.717) is 59.3 Å². The Kier molecular flexibility index (Phi) is 8.95. The second-order valence-electron chi connectivity index (χ2n) is 9.81. The van der Waals surface area contributed by atoms with E-state index in [1.165, 1.54) is 18.2 Å². The second kappa shape index (κ2) is 12.7. The summed E-state index contributed by atoms with van der Waals surface area (Å²) in [7, 11) is -2.98. The first-order chi connectivity index (χ1) is 20.5. The number of aryl methyl sites for hydroxylation is 1. The smallest absolute Gasteiger partial charge is 0.417 e. The predicted octanol–water partition coefficient (Wildman–Crippen LogP) is 5.87. The van der Waals surface area contributed by atoms with Gasteiger partial charge in [0.25, 0.3) is 10.0 Å². The fraction of sp³-hybridized carbons (Fsp3) is 0.300. The molecule has 1 aromatic heterocycles. The molecule has 228 valence electrons. The van der Waals surface area contributed by atoms with Crippen LogP contribution in [0, 0.1) is 6.92 Å². The number of rotatable bonds is 10. The van der Waals surface area contributed by atoms with Crippen LogP contribution in [0.4, 0.5) is 18.9 Å². The molecule has 0 saturated carbocycles. The molecule has 0 aliphatic carbocycles. The predicted molar refractivity (Wildman–Crippen MR) is 155 cm³/mol. The van der Waals surface area contributed by atoms with E-state index in [4.69, 9.17) is 18.9 Å². The highest BCUT2D eigenvalue weighted by atomic mass is 32.2. The van der Waals surface area contributed by atoms with Gasteiger partial charge in [-0.2, -0.15) is 13.2 Å². The van der Waals surface area contributed by atoms with Gasteiger partial charge in [0.05, 0.1) is 42.0 Å². The molecule has 0 spiro atoms. The van der Waals surface area contributed by atoms with Crippen LogP contribution in [0.5, 0.6) is 23.0 Å². The highest BCUT2D eigenvalue weighted by molar-refractivity contribution is 7.92. The Bertz CT molecular complexity index is 1710. The number of hydrogen-bond donors (Lipinski definition) is 1. The molecular weight excluding hydrogens is 587 g/mol. The lowest BCUT2D eigenvalue weighted by atomic mass is 10.1. The number of sulfonamides is 1. The summed E-state index contributed by atoms with van der Waals surface area (Å²) < 4.78 is 91.4. The van der Waals surface area contributed by atoms with Crippen molar-refractivity contribution in [3.8, 4) is 23.0 Å². The summed E-state index contributed by atoms with van der Waals surface area (Å²) >= 11 is 0. The van der Waals surface area contributed by atoms with Gasteiger partial charge in [0.1, 0.15) is 18.1 Å². The average Bonchev–Trinajstić information content (AvgIpc) is 2.98. The summed E-state index contributed by atoms with van der Waals surface area (Å²) in [5.41, 5.74) is -0.0724. The van der Waals surface area contributed by atoms with Crippen molar-refractivity contribution in [1.29, 1.82) is 0 Å². The van der Waals surface area contributed by atoms with Crippen LogP contribution in [-0.4, -0.2) is 64.9 Å². The number of benzene rings is 3. The number of nitrogens with zero attached hydrogens (tertiary/aromatic N) is 2. The standard InChI is InChI=1S/C30H30F3N3O6S/c1-20-17-21(7-8-24(20)35-43(37,38)29-6-4-3-5-23(29)30(31,32)33)42-26-9-10-34-25-19-28(27(39-2)18-22(25)26)41-16-13-36-11-14-40-15-12-36/h3-10,17-19,35H,11-16H2,1-2H3. The third-order valence-corrected chi connectivity index (χ3v) is 8.33. The van der Waals surface area contributed by atoms with E-state index in [-0.39, 0.29) is 5.69 Å². The van der Waals surface area contributed by atoms with Gasteiger partial charge >= 0.3 is 6.18 Å². The number of hydrogen-bond acceptors (Lipinski definition) is 8. The molecule has 0 amide bonds. The Hall–Kier alpha value is -4.07. The number of halogens is 3. The first kappa shape index (κ1) is 30.4. The van der Waals surface area contributed by atoms with Crippen molar-refractivity contribution in [3.63, 3.8) is 0 Å². The van der Waals surface area contributed by atoms with E-state index in [2.05, 4.69) is 14.6 Å². The van der Waals surface area contributed by atoms with Gasteiger partial charge in [0.15, 0.2) is 11.5 Å². The lowest BCUT2D eigenvalue weighted by Crippen LogP contribution is -2.38. The topological polar surface area (TPSA) is 99.2 Å². The number of alkyl halides is 3. The van der Waals surface area contributed by atoms with Crippen molar-refractivity contribution in [3.05, 3.63) is 78.0 Å². The summed E-state index contributed by atoms with van der Waals surface area (Å²) in [6.45, 7) is 5.98. The number of aromatic nitrogens is 1.